The second kappa shape index (κ2) is 5.07. The fourth-order valence-electron chi connectivity index (χ4n) is 2.55. The lowest BCUT2D eigenvalue weighted by atomic mass is 9.90. The first-order valence-corrected chi connectivity index (χ1v) is 7.46. The molecule has 0 aromatic carbocycles. The monoisotopic (exact) mass is 277 g/mol. The molecule has 1 aliphatic heterocycles. The molecule has 5 heteroatoms. The highest BCUT2D eigenvalue weighted by Crippen LogP contribution is 2.30. The molecule has 4 nitrogen and oxygen atoms in total. The first-order valence-electron chi connectivity index (χ1n) is 6.58. The summed E-state index contributed by atoms with van der Waals surface area (Å²) in [6.07, 6.45) is 4.61. The molecule has 1 atom stereocenters. The van der Waals surface area contributed by atoms with Gasteiger partial charge in [-0.15, -0.1) is 11.3 Å². The van der Waals surface area contributed by atoms with Crippen molar-refractivity contribution < 1.29 is 4.42 Å². The minimum Gasteiger partial charge on any atom is -0.472 e. The molecule has 3 heterocycles. The van der Waals surface area contributed by atoms with Crippen LogP contribution in [0.15, 0.2) is 28.4 Å². The van der Waals surface area contributed by atoms with Gasteiger partial charge in [0.05, 0.1) is 12.0 Å². The minimum atomic E-state index is 0.281. The van der Waals surface area contributed by atoms with E-state index in [0.717, 1.165) is 42.4 Å². The van der Waals surface area contributed by atoms with Crippen LogP contribution < -0.4 is 5.73 Å². The third-order valence-electron chi connectivity index (χ3n) is 3.84. The molecule has 3 rings (SSSR count). The molecule has 0 radical (unpaired) electrons. The molecule has 0 spiro atoms. The number of hydrogen-bond acceptors (Lipinski definition) is 5. The average Bonchev–Trinajstić information content (AvgIpc) is 3.11. The lowest BCUT2D eigenvalue weighted by Gasteiger charge is -2.22. The second-order valence-corrected chi connectivity index (χ2v) is 6.49. The lowest BCUT2D eigenvalue weighted by Crippen LogP contribution is -2.31. The number of likely N-dealkylation sites (tertiary alicyclic amines) is 1. The van der Waals surface area contributed by atoms with E-state index in [0.29, 0.717) is 0 Å². The standard InChI is InChI=1S/C14H19N3OS/c1-14(9-15)3-4-17(10-14)6-12-8-19-13(16-12)11-2-5-18-7-11/h2,5,7-8H,3-4,6,9-10,15H2,1H3. The van der Waals surface area contributed by atoms with Crippen LogP contribution in [0.3, 0.4) is 0 Å². The van der Waals surface area contributed by atoms with Gasteiger partial charge < -0.3 is 10.2 Å². The van der Waals surface area contributed by atoms with Crippen LogP contribution in [0.2, 0.25) is 0 Å². The van der Waals surface area contributed by atoms with E-state index >= 15 is 0 Å². The molecule has 1 saturated heterocycles. The number of rotatable bonds is 4. The second-order valence-electron chi connectivity index (χ2n) is 5.63. The van der Waals surface area contributed by atoms with Gasteiger partial charge in [0, 0.05) is 24.0 Å². The quantitative estimate of drug-likeness (QED) is 0.933. The molecular weight excluding hydrogens is 258 g/mol. The summed E-state index contributed by atoms with van der Waals surface area (Å²) in [5.74, 6) is 0. The SMILES string of the molecule is CC1(CN)CCN(Cc2csc(-c3ccoc3)n2)C1. The summed E-state index contributed by atoms with van der Waals surface area (Å²) in [5.41, 5.74) is 8.32. The van der Waals surface area contributed by atoms with E-state index in [2.05, 4.69) is 22.2 Å². The lowest BCUT2D eigenvalue weighted by molar-refractivity contribution is 0.272. The summed E-state index contributed by atoms with van der Waals surface area (Å²) >= 11 is 1.67. The van der Waals surface area contributed by atoms with Crippen LogP contribution in [0.25, 0.3) is 10.6 Å². The Labute approximate surface area is 117 Å². The van der Waals surface area contributed by atoms with Gasteiger partial charge in [-0.2, -0.15) is 0 Å². The van der Waals surface area contributed by atoms with Crippen molar-refractivity contribution in [1.29, 1.82) is 0 Å². The average molecular weight is 277 g/mol. The molecule has 1 unspecified atom stereocenters. The number of hydrogen-bond donors (Lipinski definition) is 1. The molecular formula is C14H19N3OS. The zero-order valence-corrected chi connectivity index (χ0v) is 11.9. The van der Waals surface area contributed by atoms with Crippen LogP contribution in [0.1, 0.15) is 19.0 Å². The van der Waals surface area contributed by atoms with Gasteiger partial charge in [0.25, 0.3) is 0 Å². The summed E-state index contributed by atoms with van der Waals surface area (Å²) in [5, 5.41) is 3.17. The molecule has 1 aliphatic rings. The van der Waals surface area contributed by atoms with Gasteiger partial charge in [0.15, 0.2) is 0 Å². The van der Waals surface area contributed by atoms with E-state index in [9.17, 15) is 0 Å². The Morgan fingerprint density at radius 3 is 3.16 bits per heavy atom. The van der Waals surface area contributed by atoms with Gasteiger partial charge in [-0.1, -0.05) is 6.92 Å². The van der Waals surface area contributed by atoms with Gasteiger partial charge in [-0.25, -0.2) is 4.98 Å². The summed E-state index contributed by atoms with van der Waals surface area (Å²) < 4.78 is 5.10. The normalized spacial score (nSPS) is 24.1. The Bertz CT molecular complexity index is 537. The topological polar surface area (TPSA) is 55.3 Å². The van der Waals surface area contributed by atoms with E-state index in [1.54, 1.807) is 23.9 Å². The number of thiazole rings is 1. The number of nitrogens with zero attached hydrogens (tertiary/aromatic N) is 2. The number of aromatic nitrogens is 1. The summed E-state index contributed by atoms with van der Waals surface area (Å²) in [6, 6.07) is 1.95. The molecule has 2 aromatic rings. The Kier molecular flexibility index (Phi) is 3.43. The van der Waals surface area contributed by atoms with Gasteiger partial charge in [-0.05, 0) is 31.0 Å². The van der Waals surface area contributed by atoms with Crippen molar-refractivity contribution >= 4 is 11.3 Å². The summed E-state index contributed by atoms with van der Waals surface area (Å²) in [4.78, 5) is 7.12. The van der Waals surface area contributed by atoms with Crippen LogP contribution in [-0.4, -0.2) is 29.5 Å². The zero-order chi connectivity index (χ0) is 13.3. The third-order valence-corrected chi connectivity index (χ3v) is 4.78. The summed E-state index contributed by atoms with van der Waals surface area (Å²) in [6.45, 7) is 6.14. The van der Waals surface area contributed by atoms with Crippen LogP contribution in [0.5, 0.6) is 0 Å². The molecule has 0 bridgehead atoms. The zero-order valence-electron chi connectivity index (χ0n) is 11.1. The molecule has 0 amide bonds. The van der Waals surface area contributed by atoms with Gasteiger partial charge in [0.2, 0.25) is 0 Å². The smallest absolute Gasteiger partial charge is 0.126 e. The largest absolute Gasteiger partial charge is 0.472 e. The number of furan rings is 1. The van der Waals surface area contributed by atoms with E-state index in [1.807, 2.05) is 6.07 Å². The Hall–Kier alpha value is -1.17. The highest BCUT2D eigenvalue weighted by Gasteiger charge is 2.32. The van der Waals surface area contributed by atoms with Crippen LogP contribution in [-0.2, 0) is 6.54 Å². The van der Waals surface area contributed by atoms with Crippen LogP contribution in [0.4, 0.5) is 0 Å². The van der Waals surface area contributed by atoms with Crippen molar-refractivity contribution in [3.8, 4) is 10.6 Å². The van der Waals surface area contributed by atoms with Crippen molar-refractivity contribution in [1.82, 2.24) is 9.88 Å². The van der Waals surface area contributed by atoms with E-state index in [-0.39, 0.29) is 5.41 Å². The molecule has 0 saturated carbocycles. The van der Waals surface area contributed by atoms with E-state index < -0.39 is 0 Å². The van der Waals surface area contributed by atoms with Crippen molar-refractivity contribution in [2.75, 3.05) is 19.6 Å². The molecule has 2 aromatic heterocycles. The molecule has 1 fully saturated rings. The molecule has 0 aliphatic carbocycles. The maximum absolute atomic E-state index is 5.84. The van der Waals surface area contributed by atoms with Crippen molar-refractivity contribution in [2.24, 2.45) is 11.1 Å². The highest BCUT2D eigenvalue weighted by molar-refractivity contribution is 7.13. The van der Waals surface area contributed by atoms with Crippen molar-refractivity contribution in [3.05, 3.63) is 29.7 Å². The molecule has 19 heavy (non-hydrogen) atoms. The fraction of sp³-hybridized carbons (Fsp3) is 0.500. The van der Waals surface area contributed by atoms with Gasteiger partial charge in [0.1, 0.15) is 11.3 Å². The maximum atomic E-state index is 5.84. The van der Waals surface area contributed by atoms with E-state index in [4.69, 9.17) is 10.2 Å². The van der Waals surface area contributed by atoms with Gasteiger partial charge in [-0.3, -0.25) is 4.90 Å². The minimum absolute atomic E-state index is 0.281. The van der Waals surface area contributed by atoms with Gasteiger partial charge >= 0.3 is 0 Å². The van der Waals surface area contributed by atoms with E-state index in [1.165, 1.54) is 6.42 Å². The van der Waals surface area contributed by atoms with Crippen molar-refractivity contribution in [2.45, 2.75) is 19.9 Å². The van der Waals surface area contributed by atoms with Crippen LogP contribution in [0, 0.1) is 5.41 Å². The Morgan fingerprint density at radius 1 is 1.58 bits per heavy atom. The Balaban J connectivity index is 1.65. The molecule has 2 N–H and O–H groups in total. The predicted molar refractivity (Wildman–Crippen MR) is 76.9 cm³/mol. The summed E-state index contributed by atoms with van der Waals surface area (Å²) in [7, 11) is 0. The van der Waals surface area contributed by atoms with Crippen LogP contribution >= 0.6 is 11.3 Å². The number of nitrogens with two attached hydrogens (primary N) is 1. The predicted octanol–water partition coefficient (Wildman–Crippen LogP) is 2.57. The highest BCUT2D eigenvalue weighted by atomic mass is 32.1. The maximum Gasteiger partial charge on any atom is 0.126 e. The Morgan fingerprint density at radius 2 is 2.47 bits per heavy atom. The first-order chi connectivity index (χ1) is 9.18. The molecule has 102 valence electrons. The third kappa shape index (κ3) is 2.73. The first kappa shape index (κ1) is 12.8. The van der Waals surface area contributed by atoms with Crippen molar-refractivity contribution in [3.63, 3.8) is 0 Å². The fourth-order valence-corrected chi connectivity index (χ4v) is 3.35.